The highest BCUT2D eigenvalue weighted by Gasteiger charge is 2.28. The van der Waals surface area contributed by atoms with Crippen LogP contribution >= 0.6 is 11.6 Å². The molecule has 28 heavy (non-hydrogen) atoms. The quantitative estimate of drug-likeness (QED) is 0.705. The first-order chi connectivity index (χ1) is 13.4. The molecule has 1 unspecified atom stereocenters. The molecule has 1 aliphatic heterocycles. The van der Waals surface area contributed by atoms with Gasteiger partial charge < -0.3 is 14.7 Å². The van der Waals surface area contributed by atoms with Crippen LogP contribution in [0.3, 0.4) is 0 Å². The summed E-state index contributed by atoms with van der Waals surface area (Å²) in [6, 6.07) is 12.8. The summed E-state index contributed by atoms with van der Waals surface area (Å²) >= 11 is 5.90. The largest absolute Gasteiger partial charge is 0.497 e. The van der Waals surface area contributed by atoms with Gasteiger partial charge in [0.05, 0.1) is 30.3 Å². The number of sulfonamides is 1. The molecule has 1 saturated heterocycles. The van der Waals surface area contributed by atoms with Crippen molar-refractivity contribution in [3.63, 3.8) is 0 Å². The van der Waals surface area contributed by atoms with Crippen molar-refractivity contribution in [2.24, 2.45) is 0 Å². The number of hydrogen-bond acceptors (Lipinski definition) is 5. The van der Waals surface area contributed by atoms with E-state index in [1.54, 1.807) is 43.5 Å². The molecule has 1 N–H and O–H groups in total. The first-order valence-corrected chi connectivity index (χ1v) is 11.0. The number of anilines is 1. The lowest BCUT2D eigenvalue weighted by Crippen LogP contribution is -2.42. The van der Waals surface area contributed by atoms with Crippen molar-refractivity contribution < 1.29 is 18.3 Å². The number of nitrogens with zero attached hydrogens (tertiary/aromatic N) is 2. The lowest BCUT2D eigenvalue weighted by atomic mass is 10.2. The summed E-state index contributed by atoms with van der Waals surface area (Å²) in [5.74, 6) is 0.630. The summed E-state index contributed by atoms with van der Waals surface area (Å²) in [7, 11) is -2.31. The molecule has 2 aromatic rings. The van der Waals surface area contributed by atoms with Crippen LogP contribution in [-0.2, 0) is 10.0 Å². The second-order valence-electron chi connectivity index (χ2n) is 6.85. The number of β-amino-alcohol motifs (C(OH)–C–C–N with tert-alkyl or cyclic N) is 1. The third-order valence-corrected chi connectivity index (χ3v) is 6.87. The van der Waals surface area contributed by atoms with Crippen molar-refractivity contribution in [3.05, 3.63) is 53.6 Å². The van der Waals surface area contributed by atoms with E-state index < -0.39 is 16.1 Å². The molecule has 0 aromatic heterocycles. The van der Waals surface area contributed by atoms with Gasteiger partial charge in [-0.1, -0.05) is 11.6 Å². The Bertz CT molecular complexity index is 866. The van der Waals surface area contributed by atoms with Gasteiger partial charge in [-0.3, -0.25) is 4.31 Å². The number of halogens is 1. The van der Waals surface area contributed by atoms with Crippen LogP contribution in [0.1, 0.15) is 12.8 Å². The molecule has 0 aliphatic carbocycles. The van der Waals surface area contributed by atoms with E-state index in [4.69, 9.17) is 16.3 Å². The van der Waals surface area contributed by atoms with E-state index in [-0.39, 0.29) is 11.4 Å². The van der Waals surface area contributed by atoms with Crippen molar-refractivity contribution in [2.75, 3.05) is 37.6 Å². The Kier molecular flexibility index (Phi) is 6.82. The van der Waals surface area contributed by atoms with E-state index in [2.05, 4.69) is 4.90 Å². The molecular formula is C20H25ClN2O4S. The maximum Gasteiger partial charge on any atom is 0.264 e. The highest BCUT2D eigenvalue weighted by Crippen LogP contribution is 2.27. The molecule has 6 nitrogen and oxygen atoms in total. The van der Waals surface area contributed by atoms with Crippen molar-refractivity contribution in [1.82, 2.24) is 4.90 Å². The van der Waals surface area contributed by atoms with Gasteiger partial charge in [0.2, 0.25) is 0 Å². The average molecular weight is 425 g/mol. The van der Waals surface area contributed by atoms with Crippen molar-refractivity contribution in [2.45, 2.75) is 23.8 Å². The number of aliphatic hydroxyl groups is 1. The smallest absolute Gasteiger partial charge is 0.264 e. The molecular weight excluding hydrogens is 400 g/mol. The minimum atomic E-state index is -3.86. The minimum absolute atomic E-state index is 0.0339. The topological polar surface area (TPSA) is 70.1 Å². The van der Waals surface area contributed by atoms with Gasteiger partial charge in [0.1, 0.15) is 5.75 Å². The maximum atomic E-state index is 13.3. The lowest BCUT2D eigenvalue weighted by Gasteiger charge is -2.28. The predicted molar refractivity (Wildman–Crippen MR) is 111 cm³/mol. The SMILES string of the molecule is COc1ccc(N(CC(O)CN2CCCC2)S(=O)(=O)c2ccc(Cl)cc2)cc1. The van der Waals surface area contributed by atoms with E-state index in [9.17, 15) is 13.5 Å². The third-order valence-electron chi connectivity index (χ3n) is 4.81. The average Bonchev–Trinajstić information content (AvgIpc) is 3.19. The van der Waals surface area contributed by atoms with Crippen LogP contribution in [0.15, 0.2) is 53.4 Å². The second kappa shape index (κ2) is 9.13. The van der Waals surface area contributed by atoms with E-state index in [1.165, 1.54) is 16.4 Å². The zero-order chi connectivity index (χ0) is 20.1. The molecule has 2 aromatic carbocycles. The summed E-state index contributed by atoms with van der Waals surface area (Å²) in [6.45, 7) is 2.28. The van der Waals surface area contributed by atoms with Gasteiger partial charge in [0, 0.05) is 11.6 Å². The summed E-state index contributed by atoms with van der Waals surface area (Å²) < 4.78 is 33.0. The normalized spacial score (nSPS) is 16.1. The molecule has 8 heteroatoms. The summed E-state index contributed by atoms with van der Waals surface area (Å²) in [5.41, 5.74) is 0.469. The predicted octanol–water partition coefficient (Wildman–Crippen LogP) is 3.00. The number of rotatable bonds is 8. The van der Waals surface area contributed by atoms with Crippen molar-refractivity contribution in [1.29, 1.82) is 0 Å². The number of aliphatic hydroxyl groups excluding tert-OH is 1. The summed E-state index contributed by atoms with van der Waals surface area (Å²) in [5, 5.41) is 11.1. The molecule has 152 valence electrons. The van der Waals surface area contributed by atoms with E-state index in [0.29, 0.717) is 23.0 Å². The van der Waals surface area contributed by atoms with Gasteiger partial charge in [0.25, 0.3) is 10.0 Å². The van der Waals surface area contributed by atoms with Crippen LogP contribution in [0.5, 0.6) is 5.75 Å². The van der Waals surface area contributed by atoms with Gasteiger partial charge in [-0.2, -0.15) is 0 Å². The second-order valence-corrected chi connectivity index (χ2v) is 9.15. The number of likely N-dealkylation sites (tertiary alicyclic amines) is 1. The van der Waals surface area contributed by atoms with Gasteiger partial charge in [0.15, 0.2) is 0 Å². The van der Waals surface area contributed by atoms with Crippen LogP contribution in [-0.4, -0.2) is 57.8 Å². The van der Waals surface area contributed by atoms with Gasteiger partial charge in [-0.25, -0.2) is 8.42 Å². The van der Waals surface area contributed by atoms with Crippen LogP contribution in [0.25, 0.3) is 0 Å². The first-order valence-electron chi connectivity index (χ1n) is 9.23. The summed E-state index contributed by atoms with van der Waals surface area (Å²) in [6.07, 6.45) is 1.41. The maximum absolute atomic E-state index is 13.3. The molecule has 1 fully saturated rings. The van der Waals surface area contributed by atoms with E-state index in [0.717, 1.165) is 25.9 Å². The number of methoxy groups -OCH3 is 1. The Balaban J connectivity index is 1.89. The standard InChI is InChI=1S/C20H25ClN2O4S/c1-27-19-8-6-17(7-9-19)23(15-18(24)14-22-12-2-3-13-22)28(25,26)20-10-4-16(21)5-11-20/h4-11,18,24H,2-3,12-15H2,1H3. The molecule has 0 radical (unpaired) electrons. The lowest BCUT2D eigenvalue weighted by molar-refractivity contribution is 0.132. The minimum Gasteiger partial charge on any atom is -0.497 e. The Morgan fingerprint density at radius 1 is 1.11 bits per heavy atom. The highest BCUT2D eigenvalue weighted by atomic mass is 35.5. The van der Waals surface area contributed by atoms with Crippen molar-refractivity contribution in [3.8, 4) is 5.75 Å². The Morgan fingerprint density at radius 2 is 1.71 bits per heavy atom. The molecule has 3 rings (SSSR count). The number of benzene rings is 2. The van der Waals surface area contributed by atoms with E-state index in [1.807, 2.05) is 0 Å². The Morgan fingerprint density at radius 3 is 2.29 bits per heavy atom. The van der Waals surface area contributed by atoms with Crippen LogP contribution < -0.4 is 9.04 Å². The molecule has 1 aliphatic rings. The van der Waals surface area contributed by atoms with E-state index >= 15 is 0 Å². The van der Waals surface area contributed by atoms with Crippen LogP contribution in [0.2, 0.25) is 5.02 Å². The third kappa shape index (κ3) is 4.97. The van der Waals surface area contributed by atoms with Crippen LogP contribution in [0.4, 0.5) is 5.69 Å². The molecule has 1 heterocycles. The fraction of sp³-hybridized carbons (Fsp3) is 0.400. The zero-order valence-electron chi connectivity index (χ0n) is 15.8. The van der Waals surface area contributed by atoms with Crippen LogP contribution in [0, 0.1) is 0 Å². The summed E-state index contributed by atoms with van der Waals surface area (Å²) in [4.78, 5) is 2.28. The highest BCUT2D eigenvalue weighted by molar-refractivity contribution is 7.92. The monoisotopic (exact) mass is 424 g/mol. The molecule has 0 spiro atoms. The first kappa shape index (κ1) is 20.9. The fourth-order valence-electron chi connectivity index (χ4n) is 3.34. The molecule has 0 amide bonds. The van der Waals surface area contributed by atoms with Gasteiger partial charge in [-0.05, 0) is 74.5 Å². The van der Waals surface area contributed by atoms with Crippen molar-refractivity contribution >= 4 is 27.3 Å². The number of ether oxygens (including phenoxy) is 1. The zero-order valence-corrected chi connectivity index (χ0v) is 17.4. The number of hydrogen-bond donors (Lipinski definition) is 1. The molecule has 0 saturated carbocycles. The Hall–Kier alpha value is -1.80. The Labute approximate surface area is 171 Å². The molecule has 1 atom stereocenters. The molecule has 0 bridgehead atoms. The fourth-order valence-corrected chi connectivity index (χ4v) is 4.97. The van der Waals surface area contributed by atoms with Gasteiger partial charge in [-0.15, -0.1) is 0 Å². The van der Waals surface area contributed by atoms with Gasteiger partial charge >= 0.3 is 0 Å².